The van der Waals surface area contributed by atoms with Crippen molar-refractivity contribution >= 4 is 28.7 Å². The number of para-hydroxylation sites is 1. The first-order chi connectivity index (χ1) is 16.2. The molecule has 0 fully saturated rings. The van der Waals surface area contributed by atoms with Crippen molar-refractivity contribution in [2.45, 2.75) is 116 Å². The quantitative estimate of drug-likeness (QED) is 0.142. The third kappa shape index (κ3) is 19.7. The molecular formula is C28H47NO3S. The van der Waals surface area contributed by atoms with Crippen LogP contribution in [0.4, 0.5) is 10.5 Å². The SMILES string of the molecule is CCCCCCCCCCCCCCCCCCOC(=O)CCSC(=O)Nc1ccccc1. The van der Waals surface area contributed by atoms with E-state index in [9.17, 15) is 9.59 Å². The van der Waals surface area contributed by atoms with Gasteiger partial charge in [0.05, 0.1) is 13.0 Å². The van der Waals surface area contributed by atoms with E-state index in [4.69, 9.17) is 4.74 Å². The van der Waals surface area contributed by atoms with Gasteiger partial charge in [-0.25, -0.2) is 0 Å². The van der Waals surface area contributed by atoms with Gasteiger partial charge in [-0.05, 0) is 18.6 Å². The van der Waals surface area contributed by atoms with E-state index >= 15 is 0 Å². The minimum absolute atomic E-state index is 0.146. The number of rotatable bonds is 21. The summed E-state index contributed by atoms with van der Waals surface area (Å²) < 4.78 is 5.28. The van der Waals surface area contributed by atoms with Crippen LogP contribution in [0.2, 0.25) is 0 Å². The number of benzene rings is 1. The molecule has 0 aliphatic carbocycles. The average molecular weight is 478 g/mol. The largest absolute Gasteiger partial charge is 0.466 e. The fourth-order valence-corrected chi connectivity index (χ4v) is 4.45. The number of nitrogens with one attached hydrogen (secondary N) is 1. The van der Waals surface area contributed by atoms with Crippen molar-refractivity contribution in [3.63, 3.8) is 0 Å². The first-order valence-electron chi connectivity index (χ1n) is 13.4. The van der Waals surface area contributed by atoms with E-state index in [-0.39, 0.29) is 17.6 Å². The number of hydrogen-bond acceptors (Lipinski definition) is 4. The van der Waals surface area contributed by atoms with Gasteiger partial charge in [0.15, 0.2) is 0 Å². The molecule has 0 saturated heterocycles. The molecule has 0 saturated carbocycles. The summed E-state index contributed by atoms with van der Waals surface area (Å²) in [5, 5.41) is 2.64. The van der Waals surface area contributed by atoms with Crippen LogP contribution in [0, 0.1) is 0 Å². The fourth-order valence-electron chi connectivity index (χ4n) is 3.81. The number of amides is 1. The van der Waals surface area contributed by atoms with Gasteiger partial charge in [-0.1, -0.05) is 133 Å². The number of carbonyl (C=O) groups excluding carboxylic acids is 2. The minimum atomic E-state index is -0.212. The number of carbonyl (C=O) groups is 2. The third-order valence-corrected chi connectivity index (χ3v) is 6.59. The van der Waals surface area contributed by atoms with Gasteiger partial charge >= 0.3 is 5.97 Å². The van der Waals surface area contributed by atoms with Gasteiger partial charge in [-0.2, -0.15) is 0 Å². The highest BCUT2D eigenvalue weighted by Crippen LogP contribution is 2.14. The van der Waals surface area contributed by atoms with Crippen molar-refractivity contribution in [3.05, 3.63) is 30.3 Å². The molecular weight excluding hydrogens is 430 g/mol. The molecule has 1 aromatic rings. The predicted octanol–water partition coefficient (Wildman–Crippen LogP) is 9.15. The van der Waals surface area contributed by atoms with E-state index in [0.29, 0.717) is 12.4 Å². The predicted molar refractivity (Wildman–Crippen MR) is 143 cm³/mol. The number of hydrogen-bond donors (Lipinski definition) is 1. The molecule has 1 aromatic carbocycles. The van der Waals surface area contributed by atoms with Crippen LogP contribution in [0.5, 0.6) is 0 Å². The summed E-state index contributed by atoms with van der Waals surface area (Å²) in [5.41, 5.74) is 0.765. The Hall–Kier alpha value is -1.49. The number of unbranched alkanes of at least 4 members (excludes halogenated alkanes) is 15. The Morgan fingerprint density at radius 2 is 1.21 bits per heavy atom. The molecule has 1 rings (SSSR count). The van der Waals surface area contributed by atoms with E-state index in [0.717, 1.165) is 30.3 Å². The van der Waals surface area contributed by atoms with Crippen molar-refractivity contribution in [1.29, 1.82) is 0 Å². The third-order valence-electron chi connectivity index (χ3n) is 5.82. The number of thioether (sulfide) groups is 1. The second kappa shape index (κ2) is 22.3. The monoisotopic (exact) mass is 477 g/mol. The zero-order chi connectivity index (χ0) is 23.8. The van der Waals surface area contributed by atoms with Crippen molar-refractivity contribution in [2.75, 3.05) is 17.7 Å². The Labute approximate surface area is 207 Å². The van der Waals surface area contributed by atoms with Gasteiger partial charge < -0.3 is 10.1 Å². The lowest BCUT2D eigenvalue weighted by Gasteiger charge is -2.06. The molecule has 0 aliphatic heterocycles. The minimum Gasteiger partial charge on any atom is -0.466 e. The summed E-state index contributed by atoms with van der Waals surface area (Å²) in [6.45, 7) is 2.77. The van der Waals surface area contributed by atoms with Crippen LogP contribution < -0.4 is 5.32 Å². The lowest BCUT2D eigenvalue weighted by atomic mass is 10.0. The average Bonchev–Trinajstić information content (AvgIpc) is 2.81. The van der Waals surface area contributed by atoms with Crippen LogP contribution in [0.15, 0.2) is 30.3 Å². The Morgan fingerprint density at radius 3 is 1.73 bits per heavy atom. The van der Waals surface area contributed by atoms with E-state index < -0.39 is 0 Å². The highest BCUT2D eigenvalue weighted by atomic mass is 32.2. The van der Waals surface area contributed by atoms with Crippen LogP contribution in [0.3, 0.4) is 0 Å². The molecule has 0 aromatic heterocycles. The smallest absolute Gasteiger partial charge is 0.306 e. The highest BCUT2D eigenvalue weighted by Gasteiger charge is 2.07. The van der Waals surface area contributed by atoms with Crippen LogP contribution in [-0.2, 0) is 9.53 Å². The maximum Gasteiger partial charge on any atom is 0.306 e. The molecule has 188 valence electrons. The zero-order valence-electron chi connectivity index (χ0n) is 21.0. The second-order valence-corrected chi connectivity index (χ2v) is 9.97. The maximum absolute atomic E-state index is 11.8. The summed E-state index contributed by atoms with van der Waals surface area (Å²) in [4.78, 5) is 23.6. The van der Waals surface area contributed by atoms with Crippen LogP contribution in [-0.4, -0.2) is 23.6 Å². The van der Waals surface area contributed by atoms with Crippen molar-refractivity contribution in [1.82, 2.24) is 0 Å². The molecule has 4 nitrogen and oxygen atoms in total. The maximum atomic E-state index is 11.8. The summed E-state index contributed by atoms with van der Waals surface area (Å²) in [5.74, 6) is 0.229. The summed E-state index contributed by atoms with van der Waals surface area (Å²) in [7, 11) is 0. The van der Waals surface area contributed by atoms with Gasteiger partial charge in [0, 0.05) is 11.4 Å². The lowest BCUT2D eigenvalue weighted by molar-refractivity contribution is -0.143. The summed E-state index contributed by atoms with van der Waals surface area (Å²) in [6, 6.07) is 9.32. The van der Waals surface area contributed by atoms with E-state index in [1.807, 2.05) is 30.3 Å². The summed E-state index contributed by atoms with van der Waals surface area (Å²) >= 11 is 1.11. The second-order valence-electron chi connectivity index (χ2n) is 8.90. The number of ether oxygens (including phenoxy) is 1. The number of esters is 1. The first-order valence-corrected chi connectivity index (χ1v) is 14.4. The van der Waals surface area contributed by atoms with Gasteiger partial charge in [0.1, 0.15) is 0 Å². The summed E-state index contributed by atoms with van der Waals surface area (Å²) in [6.07, 6.45) is 21.6. The normalized spacial score (nSPS) is 10.8. The zero-order valence-corrected chi connectivity index (χ0v) is 21.8. The van der Waals surface area contributed by atoms with E-state index in [1.165, 1.54) is 89.9 Å². The van der Waals surface area contributed by atoms with Crippen molar-refractivity contribution in [3.8, 4) is 0 Å². The number of anilines is 1. The first kappa shape index (κ1) is 29.5. The molecule has 1 N–H and O–H groups in total. The Morgan fingerprint density at radius 1 is 0.727 bits per heavy atom. The van der Waals surface area contributed by atoms with Crippen LogP contribution in [0.25, 0.3) is 0 Å². The Kier molecular flexibility index (Phi) is 20.0. The fraction of sp³-hybridized carbons (Fsp3) is 0.714. The molecule has 0 bridgehead atoms. The van der Waals surface area contributed by atoms with Crippen LogP contribution >= 0.6 is 11.8 Å². The van der Waals surface area contributed by atoms with Gasteiger partial charge in [-0.3, -0.25) is 9.59 Å². The van der Waals surface area contributed by atoms with Crippen molar-refractivity contribution < 1.29 is 14.3 Å². The van der Waals surface area contributed by atoms with E-state index in [2.05, 4.69) is 12.2 Å². The van der Waals surface area contributed by atoms with Crippen molar-refractivity contribution in [2.24, 2.45) is 0 Å². The Balaban J connectivity index is 1.78. The molecule has 1 amide bonds. The molecule has 0 heterocycles. The van der Waals surface area contributed by atoms with Gasteiger partial charge in [-0.15, -0.1) is 0 Å². The molecule has 0 unspecified atom stereocenters. The van der Waals surface area contributed by atoms with Gasteiger partial charge in [0.25, 0.3) is 5.24 Å². The molecule has 0 aliphatic rings. The highest BCUT2D eigenvalue weighted by molar-refractivity contribution is 8.13. The topological polar surface area (TPSA) is 55.4 Å². The molecule has 5 heteroatoms. The molecule has 0 radical (unpaired) electrons. The van der Waals surface area contributed by atoms with Gasteiger partial charge in [0.2, 0.25) is 0 Å². The molecule has 0 spiro atoms. The van der Waals surface area contributed by atoms with E-state index in [1.54, 1.807) is 0 Å². The Bertz CT molecular complexity index is 594. The molecule has 33 heavy (non-hydrogen) atoms. The molecule has 0 atom stereocenters. The standard InChI is InChI=1S/C28H47NO3S/c1-2-3-4-5-6-7-8-9-10-11-12-13-14-15-16-20-24-32-27(30)23-25-33-28(31)29-26-21-18-17-19-22-26/h17-19,21-22H,2-16,20,23-25H2,1H3,(H,29,31). The lowest BCUT2D eigenvalue weighted by Crippen LogP contribution is -2.10. The van der Waals surface area contributed by atoms with Crippen LogP contribution in [0.1, 0.15) is 116 Å².